The van der Waals surface area contributed by atoms with Gasteiger partial charge in [-0.05, 0) is 36.7 Å². The maximum Gasteiger partial charge on any atom is 0.306 e. The normalized spacial score (nSPS) is 33.8. The Bertz CT molecular complexity index is 429. The number of fused-ring (bicyclic) bond motifs is 2. The van der Waals surface area contributed by atoms with E-state index in [1.54, 1.807) is 0 Å². The number of hydrogen-bond donors (Lipinski definition) is 1. The first kappa shape index (κ1) is 11.7. The van der Waals surface area contributed by atoms with Crippen LogP contribution in [0, 0.1) is 17.8 Å². The molecule has 0 spiro atoms. The maximum absolute atomic E-state index is 11.0. The van der Waals surface area contributed by atoms with Crippen molar-refractivity contribution in [3.63, 3.8) is 0 Å². The van der Waals surface area contributed by atoms with Crippen LogP contribution in [-0.2, 0) is 16.1 Å². The van der Waals surface area contributed by atoms with Crippen LogP contribution in [0.25, 0.3) is 0 Å². The van der Waals surface area contributed by atoms with E-state index in [-0.39, 0.29) is 12.0 Å². The van der Waals surface area contributed by atoms with E-state index >= 15 is 0 Å². The SMILES string of the molecule is O=C(O)C1CC2CC1CC2OCc1ccccc1. The number of rotatable bonds is 4. The molecule has 2 aliphatic carbocycles. The quantitative estimate of drug-likeness (QED) is 0.888. The van der Waals surface area contributed by atoms with E-state index < -0.39 is 5.97 Å². The molecule has 1 N–H and O–H groups in total. The van der Waals surface area contributed by atoms with Crippen LogP contribution in [0.4, 0.5) is 0 Å². The molecule has 1 aromatic rings. The molecule has 2 fully saturated rings. The van der Waals surface area contributed by atoms with Gasteiger partial charge < -0.3 is 9.84 Å². The van der Waals surface area contributed by atoms with Gasteiger partial charge in [-0.2, -0.15) is 0 Å². The summed E-state index contributed by atoms with van der Waals surface area (Å²) >= 11 is 0. The lowest BCUT2D eigenvalue weighted by Crippen LogP contribution is -2.28. The largest absolute Gasteiger partial charge is 0.481 e. The summed E-state index contributed by atoms with van der Waals surface area (Å²) in [4.78, 5) is 11.0. The Morgan fingerprint density at radius 2 is 1.94 bits per heavy atom. The van der Waals surface area contributed by atoms with Gasteiger partial charge in [0, 0.05) is 0 Å². The van der Waals surface area contributed by atoms with Gasteiger partial charge in [-0.15, -0.1) is 0 Å². The van der Waals surface area contributed by atoms with Gasteiger partial charge in [-0.1, -0.05) is 30.3 Å². The number of benzene rings is 1. The summed E-state index contributed by atoms with van der Waals surface area (Å²) in [6.45, 7) is 0.645. The van der Waals surface area contributed by atoms with Crippen molar-refractivity contribution in [1.29, 1.82) is 0 Å². The van der Waals surface area contributed by atoms with Gasteiger partial charge in [0.1, 0.15) is 0 Å². The first-order valence-electron chi connectivity index (χ1n) is 6.62. The molecule has 3 rings (SSSR count). The van der Waals surface area contributed by atoms with Crippen molar-refractivity contribution in [3.8, 4) is 0 Å². The summed E-state index contributed by atoms with van der Waals surface area (Å²) in [6, 6.07) is 10.2. The third kappa shape index (κ3) is 2.15. The molecule has 2 aliphatic rings. The average Bonchev–Trinajstić information content (AvgIpc) is 2.97. The molecule has 3 heteroatoms. The fourth-order valence-corrected chi connectivity index (χ4v) is 3.51. The maximum atomic E-state index is 11.0. The first-order chi connectivity index (χ1) is 8.74. The van der Waals surface area contributed by atoms with Crippen LogP contribution >= 0.6 is 0 Å². The van der Waals surface area contributed by atoms with E-state index in [0.29, 0.717) is 18.4 Å². The zero-order valence-electron chi connectivity index (χ0n) is 10.3. The second-order valence-electron chi connectivity index (χ2n) is 5.51. The van der Waals surface area contributed by atoms with Gasteiger partial charge >= 0.3 is 5.97 Å². The lowest BCUT2D eigenvalue weighted by molar-refractivity contribution is -0.144. The van der Waals surface area contributed by atoms with E-state index in [4.69, 9.17) is 9.84 Å². The molecule has 4 atom stereocenters. The molecule has 0 aromatic heterocycles. The zero-order valence-corrected chi connectivity index (χ0v) is 10.3. The van der Waals surface area contributed by atoms with Crippen LogP contribution in [0.5, 0.6) is 0 Å². The highest BCUT2D eigenvalue weighted by Gasteiger charge is 2.49. The van der Waals surface area contributed by atoms with Crippen molar-refractivity contribution >= 4 is 5.97 Å². The third-order valence-electron chi connectivity index (χ3n) is 4.42. The van der Waals surface area contributed by atoms with Gasteiger partial charge in [0.15, 0.2) is 0 Å². The van der Waals surface area contributed by atoms with Crippen molar-refractivity contribution < 1.29 is 14.6 Å². The van der Waals surface area contributed by atoms with Crippen LogP contribution in [-0.4, -0.2) is 17.2 Å². The predicted octanol–water partition coefficient (Wildman–Crippen LogP) is 2.70. The number of ether oxygens (including phenoxy) is 1. The lowest BCUT2D eigenvalue weighted by atomic mass is 9.87. The smallest absolute Gasteiger partial charge is 0.306 e. The number of hydrogen-bond acceptors (Lipinski definition) is 2. The third-order valence-corrected chi connectivity index (χ3v) is 4.42. The van der Waals surface area contributed by atoms with Crippen molar-refractivity contribution in [2.24, 2.45) is 17.8 Å². The second kappa shape index (κ2) is 4.73. The van der Waals surface area contributed by atoms with Crippen LogP contribution < -0.4 is 0 Å². The van der Waals surface area contributed by atoms with E-state index in [2.05, 4.69) is 12.1 Å². The molecule has 0 heterocycles. The second-order valence-corrected chi connectivity index (χ2v) is 5.51. The minimum absolute atomic E-state index is 0.119. The Morgan fingerprint density at radius 1 is 1.17 bits per heavy atom. The van der Waals surface area contributed by atoms with Crippen LogP contribution in [0.3, 0.4) is 0 Å². The minimum Gasteiger partial charge on any atom is -0.481 e. The van der Waals surface area contributed by atoms with Gasteiger partial charge in [-0.3, -0.25) is 4.79 Å². The fourth-order valence-electron chi connectivity index (χ4n) is 3.51. The first-order valence-corrected chi connectivity index (χ1v) is 6.62. The Balaban J connectivity index is 1.54. The highest BCUT2D eigenvalue weighted by molar-refractivity contribution is 5.71. The van der Waals surface area contributed by atoms with E-state index in [9.17, 15) is 4.79 Å². The molecule has 3 nitrogen and oxygen atoms in total. The summed E-state index contributed by atoms with van der Waals surface area (Å²) < 4.78 is 5.96. The predicted molar refractivity (Wildman–Crippen MR) is 67.0 cm³/mol. The standard InChI is InChI=1S/C15H18O3/c16-15(17)13-7-12-6-11(13)8-14(12)18-9-10-4-2-1-3-5-10/h1-5,11-14H,6-9H2,(H,16,17). The lowest BCUT2D eigenvalue weighted by Gasteiger charge is -2.25. The number of carboxylic acid groups (broad SMARTS) is 1. The van der Waals surface area contributed by atoms with Gasteiger partial charge in [-0.25, -0.2) is 0 Å². The molecular weight excluding hydrogens is 228 g/mol. The monoisotopic (exact) mass is 246 g/mol. The molecule has 96 valence electrons. The summed E-state index contributed by atoms with van der Waals surface area (Å²) in [5.74, 6) is 0.0590. The van der Waals surface area contributed by atoms with Gasteiger partial charge in [0.2, 0.25) is 0 Å². The average molecular weight is 246 g/mol. The molecule has 2 saturated carbocycles. The number of aliphatic carboxylic acids is 1. The molecule has 2 bridgehead atoms. The molecule has 0 saturated heterocycles. The van der Waals surface area contributed by atoms with Crippen molar-refractivity contribution in [2.45, 2.75) is 32.0 Å². The molecule has 18 heavy (non-hydrogen) atoms. The molecular formula is C15H18O3. The summed E-state index contributed by atoms with van der Waals surface area (Å²) in [6.07, 6.45) is 3.04. The molecule has 0 amide bonds. The minimum atomic E-state index is -0.621. The number of carbonyl (C=O) groups is 1. The van der Waals surface area contributed by atoms with Crippen molar-refractivity contribution in [3.05, 3.63) is 35.9 Å². The molecule has 0 radical (unpaired) electrons. The summed E-state index contributed by atoms with van der Waals surface area (Å²) in [7, 11) is 0. The number of carboxylic acids is 1. The molecule has 4 unspecified atom stereocenters. The van der Waals surface area contributed by atoms with Crippen LogP contribution in [0.2, 0.25) is 0 Å². The highest BCUT2D eigenvalue weighted by Crippen LogP contribution is 2.49. The fraction of sp³-hybridized carbons (Fsp3) is 0.533. The van der Waals surface area contributed by atoms with E-state index in [1.165, 1.54) is 5.56 Å². The van der Waals surface area contributed by atoms with Crippen molar-refractivity contribution in [1.82, 2.24) is 0 Å². The van der Waals surface area contributed by atoms with Gasteiger partial charge in [0.05, 0.1) is 18.6 Å². The highest BCUT2D eigenvalue weighted by atomic mass is 16.5. The van der Waals surface area contributed by atoms with Gasteiger partial charge in [0.25, 0.3) is 0 Å². The zero-order chi connectivity index (χ0) is 12.5. The summed E-state index contributed by atoms with van der Waals surface area (Å²) in [5, 5.41) is 9.09. The Labute approximate surface area is 107 Å². The van der Waals surface area contributed by atoms with E-state index in [0.717, 1.165) is 19.3 Å². The van der Waals surface area contributed by atoms with Crippen molar-refractivity contribution in [2.75, 3.05) is 0 Å². The summed E-state index contributed by atoms with van der Waals surface area (Å²) in [5.41, 5.74) is 1.19. The van der Waals surface area contributed by atoms with Crippen LogP contribution in [0.15, 0.2) is 30.3 Å². The Hall–Kier alpha value is -1.35. The Kier molecular flexibility index (Phi) is 3.08. The topological polar surface area (TPSA) is 46.5 Å². The van der Waals surface area contributed by atoms with E-state index in [1.807, 2.05) is 18.2 Å². The molecule has 0 aliphatic heterocycles. The van der Waals surface area contributed by atoms with Crippen LogP contribution in [0.1, 0.15) is 24.8 Å². The molecule has 1 aromatic carbocycles. The Morgan fingerprint density at radius 3 is 2.56 bits per heavy atom.